The van der Waals surface area contributed by atoms with Crippen LogP contribution in [0.4, 0.5) is 5.95 Å². The molecule has 1 atom stereocenters. The van der Waals surface area contributed by atoms with Gasteiger partial charge in [0.2, 0.25) is 5.95 Å². The summed E-state index contributed by atoms with van der Waals surface area (Å²) in [5.41, 5.74) is 4.39. The van der Waals surface area contributed by atoms with Gasteiger partial charge in [0, 0.05) is 47.2 Å². The molecule has 7 nitrogen and oxygen atoms in total. The van der Waals surface area contributed by atoms with Crippen molar-refractivity contribution in [3.05, 3.63) is 88.9 Å². The van der Waals surface area contributed by atoms with Gasteiger partial charge in [-0.3, -0.25) is 4.79 Å². The van der Waals surface area contributed by atoms with Crippen LogP contribution in [-0.2, 0) is 0 Å². The summed E-state index contributed by atoms with van der Waals surface area (Å²) in [5.74, 6) is 1.54. The number of piperazine rings is 1. The quantitative estimate of drug-likeness (QED) is 0.341. The number of para-hydroxylation sites is 1. The number of benzene rings is 3. The van der Waals surface area contributed by atoms with Gasteiger partial charge in [-0.2, -0.15) is 0 Å². The first-order valence-electron chi connectivity index (χ1n) is 12.0. The van der Waals surface area contributed by atoms with Crippen molar-refractivity contribution in [2.45, 2.75) is 19.9 Å². The fourth-order valence-electron chi connectivity index (χ4n) is 4.87. The number of aromatic nitrogens is 4. The van der Waals surface area contributed by atoms with Gasteiger partial charge in [-0.25, -0.2) is 9.38 Å². The third-order valence-corrected chi connectivity index (χ3v) is 7.05. The molecule has 180 valence electrons. The zero-order valence-electron chi connectivity index (χ0n) is 20.1. The first-order chi connectivity index (χ1) is 17.5. The molecule has 0 bridgehead atoms. The molecule has 36 heavy (non-hydrogen) atoms. The first-order valence-corrected chi connectivity index (χ1v) is 12.4. The van der Waals surface area contributed by atoms with Gasteiger partial charge in [-0.1, -0.05) is 41.4 Å². The maximum Gasteiger partial charge on any atom is 0.254 e. The van der Waals surface area contributed by atoms with Gasteiger partial charge in [-0.05, 0) is 62.4 Å². The van der Waals surface area contributed by atoms with Crippen molar-refractivity contribution in [1.82, 2.24) is 24.5 Å². The zero-order chi connectivity index (χ0) is 24.8. The van der Waals surface area contributed by atoms with Crippen molar-refractivity contribution < 1.29 is 4.79 Å². The minimum absolute atomic E-state index is 0.00587. The van der Waals surface area contributed by atoms with Gasteiger partial charge < -0.3 is 9.80 Å². The van der Waals surface area contributed by atoms with E-state index in [-0.39, 0.29) is 11.9 Å². The Bertz CT molecular complexity index is 1580. The van der Waals surface area contributed by atoms with Crippen LogP contribution in [0, 0.1) is 6.92 Å². The molecule has 2 aromatic heterocycles. The number of rotatable bonds is 3. The fourth-order valence-corrected chi connectivity index (χ4v) is 4.99. The normalized spacial score (nSPS) is 16.1. The van der Waals surface area contributed by atoms with Crippen molar-refractivity contribution in [2.24, 2.45) is 0 Å². The van der Waals surface area contributed by atoms with Crippen LogP contribution in [0.5, 0.6) is 0 Å². The van der Waals surface area contributed by atoms with Crippen LogP contribution >= 0.6 is 11.6 Å². The number of carbonyl (C=O) groups excluding carboxylic acids is 1. The number of amides is 1. The van der Waals surface area contributed by atoms with Crippen LogP contribution in [0.1, 0.15) is 22.8 Å². The molecule has 3 heterocycles. The smallest absolute Gasteiger partial charge is 0.254 e. The largest absolute Gasteiger partial charge is 0.338 e. The van der Waals surface area contributed by atoms with Gasteiger partial charge in [0.25, 0.3) is 5.91 Å². The van der Waals surface area contributed by atoms with Crippen LogP contribution in [0.2, 0.25) is 5.02 Å². The lowest BCUT2D eigenvalue weighted by atomic mass is 10.1. The third-order valence-electron chi connectivity index (χ3n) is 6.80. The Balaban J connectivity index is 1.40. The Kier molecular flexibility index (Phi) is 5.57. The molecule has 1 saturated heterocycles. The van der Waals surface area contributed by atoms with Crippen LogP contribution in [-0.4, -0.2) is 56.1 Å². The molecule has 8 heteroatoms. The predicted octanol–water partition coefficient (Wildman–Crippen LogP) is 5.26. The van der Waals surface area contributed by atoms with Crippen LogP contribution in [0.25, 0.3) is 27.9 Å². The van der Waals surface area contributed by atoms with Crippen molar-refractivity contribution >= 4 is 40.0 Å². The second kappa shape index (κ2) is 8.91. The Hall–Kier alpha value is -3.97. The number of hydrogen-bond acceptors (Lipinski definition) is 5. The van der Waals surface area contributed by atoms with E-state index in [1.165, 1.54) is 0 Å². The van der Waals surface area contributed by atoms with Gasteiger partial charge in [0.05, 0.1) is 5.52 Å². The lowest BCUT2D eigenvalue weighted by molar-refractivity contribution is 0.0673. The molecular weight excluding hydrogens is 472 g/mol. The van der Waals surface area contributed by atoms with Gasteiger partial charge in [-0.15, -0.1) is 10.2 Å². The number of aryl methyl sites for hydroxylation is 1. The lowest BCUT2D eigenvalue weighted by Gasteiger charge is -2.40. The summed E-state index contributed by atoms with van der Waals surface area (Å²) >= 11 is 6.13. The van der Waals surface area contributed by atoms with E-state index in [1.54, 1.807) is 0 Å². The second-order valence-corrected chi connectivity index (χ2v) is 9.71. The van der Waals surface area contributed by atoms with E-state index in [9.17, 15) is 4.79 Å². The number of nitrogens with zero attached hydrogens (tertiary/aromatic N) is 6. The Morgan fingerprint density at radius 1 is 0.944 bits per heavy atom. The summed E-state index contributed by atoms with van der Waals surface area (Å²) in [6, 6.07) is 23.3. The van der Waals surface area contributed by atoms with Crippen molar-refractivity contribution in [1.29, 1.82) is 0 Å². The summed E-state index contributed by atoms with van der Waals surface area (Å²) in [7, 11) is 0. The topological polar surface area (TPSA) is 66.6 Å². The molecule has 0 N–H and O–H groups in total. The van der Waals surface area contributed by atoms with E-state index < -0.39 is 0 Å². The first kappa shape index (κ1) is 22.5. The molecule has 0 aliphatic carbocycles. The van der Waals surface area contributed by atoms with E-state index in [4.69, 9.17) is 16.6 Å². The number of carbonyl (C=O) groups is 1. The molecule has 0 spiro atoms. The van der Waals surface area contributed by atoms with Gasteiger partial charge in [0.15, 0.2) is 11.5 Å². The highest BCUT2D eigenvalue weighted by Crippen LogP contribution is 2.30. The Morgan fingerprint density at radius 2 is 1.69 bits per heavy atom. The van der Waals surface area contributed by atoms with E-state index >= 15 is 0 Å². The number of halogens is 1. The molecule has 0 radical (unpaired) electrons. The van der Waals surface area contributed by atoms with E-state index in [0.29, 0.717) is 30.5 Å². The molecule has 0 unspecified atom stereocenters. The molecule has 1 fully saturated rings. The van der Waals surface area contributed by atoms with Crippen LogP contribution in [0.3, 0.4) is 0 Å². The standard InChI is InChI=1S/C28H25ClN6O/c1-18-7-9-21(10-8-18)27(36)34-16-15-33(17-19(34)2)28-30-24-6-4-3-5-23(24)26-32-31-25(35(26)28)20-11-13-22(29)14-12-20/h3-14,19H,15-17H2,1-2H3/t19-/m1/s1. The van der Waals surface area contributed by atoms with Crippen LogP contribution < -0.4 is 4.90 Å². The minimum Gasteiger partial charge on any atom is -0.338 e. The van der Waals surface area contributed by atoms with E-state index in [1.807, 2.05) is 89.0 Å². The summed E-state index contributed by atoms with van der Waals surface area (Å²) in [6.45, 7) is 6.01. The number of hydrogen-bond donors (Lipinski definition) is 0. The molecule has 3 aromatic carbocycles. The van der Waals surface area contributed by atoms with Crippen molar-refractivity contribution in [3.63, 3.8) is 0 Å². The molecule has 0 saturated carbocycles. The Morgan fingerprint density at radius 3 is 2.44 bits per heavy atom. The molecule has 6 rings (SSSR count). The number of fused-ring (bicyclic) bond motifs is 3. The molecule has 5 aromatic rings. The number of anilines is 1. The second-order valence-electron chi connectivity index (χ2n) is 9.28. The molecule has 1 amide bonds. The van der Waals surface area contributed by atoms with Crippen LogP contribution in [0.15, 0.2) is 72.8 Å². The maximum atomic E-state index is 13.2. The highest BCUT2D eigenvalue weighted by atomic mass is 35.5. The third kappa shape index (κ3) is 3.85. The van der Waals surface area contributed by atoms with E-state index in [0.717, 1.165) is 39.2 Å². The fraction of sp³-hybridized carbons (Fsp3) is 0.214. The molecule has 1 aliphatic rings. The van der Waals surface area contributed by atoms with Gasteiger partial charge in [0.1, 0.15) is 0 Å². The van der Waals surface area contributed by atoms with Gasteiger partial charge >= 0.3 is 0 Å². The highest BCUT2D eigenvalue weighted by molar-refractivity contribution is 6.30. The summed E-state index contributed by atoms with van der Waals surface area (Å²) in [6.07, 6.45) is 0. The van der Waals surface area contributed by atoms with Crippen molar-refractivity contribution in [2.75, 3.05) is 24.5 Å². The minimum atomic E-state index is 0.00587. The average Bonchev–Trinajstić information content (AvgIpc) is 3.34. The summed E-state index contributed by atoms with van der Waals surface area (Å²) in [4.78, 5) is 22.5. The van der Waals surface area contributed by atoms with E-state index in [2.05, 4.69) is 22.0 Å². The summed E-state index contributed by atoms with van der Waals surface area (Å²) in [5, 5.41) is 10.7. The highest BCUT2D eigenvalue weighted by Gasteiger charge is 2.31. The SMILES string of the molecule is Cc1ccc(C(=O)N2CCN(c3nc4ccccc4c4nnc(-c5ccc(Cl)cc5)n34)C[C@H]2C)cc1. The zero-order valence-corrected chi connectivity index (χ0v) is 20.9. The monoisotopic (exact) mass is 496 g/mol. The molecular formula is C28H25ClN6O. The average molecular weight is 497 g/mol. The van der Waals surface area contributed by atoms with Crippen molar-refractivity contribution in [3.8, 4) is 11.4 Å². The molecule has 1 aliphatic heterocycles. The lowest BCUT2D eigenvalue weighted by Crippen LogP contribution is -2.54. The Labute approximate surface area is 214 Å². The maximum absolute atomic E-state index is 13.2. The summed E-state index contributed by atoms with van der Waals surface area (Å²) < 4.78 is 2.02. The predicted molar refractivity (Wildman–Crippen MR) is 143 cm³/mol.